The van der Waals surface area contributed by atoms with E-state index in [0.717, 1.165) is 17.3 Å². The number of carbonyl (C=O) groups is 1. The van der Waals surface area contributed by atoms with Gasteiger partial charge < -0.3 is 11.1 Å². The molecule has 0 aromatic carbocycles. The second-order valence-electron chi connectivity index (χ2n) is 3.66. The number of pyridine rings is 1. The number of hydrogen-bond acceptors (Lipinski definition) is 3. The van der Waals surface area contributed by atoms with Crippen LogP contribution in [0, 0.1) is 0 Å². The number of nitrogens with two attached hydrogens (primary N) is 1. The Labute approximate surface area is 104 Å². The fourth-order valence-corrected chi connectivity index (χ4v) is 1.59. The highest BCUT2D eigenvalue weighted by Crippen LogP contribution is 2.11. The van der Waals surface area contributed by atoms with E-state index in [9.17, 15) is 4.79 Å². The molecule has 88 valence electrons. The number of hydrogen-bond donors (Lipinski definition) is 2. The number of rotatable bonds is 5. The van der Waals surface area contributed by atoms with Crippen LogP contribution in [-0.2, 0) is 4.79 Å². The molecule has 0 bridgehead atoms. The smallest absolute Gasteiger partial charge is 0.227 e. The zero-order valence-electron chi connectivity index (χ0n) is 9.24. The molecular weight excluding hydrogens is 270 g/mol. The summed E-state index contributed by atoms with van der Waals surface area (Å²) in [4.78, 5) is 15.6. The van der Waals surface area contributed by atoms with Crippen molar-refractivity contribution in [2.45, 2.75) is 32.2 Å². The summed E-state index contributed by atoms with van der Waals surface area (Å²) in [5, 5.41) is 2.71. The molecule has 1 atom stereocenters. The molecule has 0 fully saturated rings. The molecule has 1 rings (SSSR count). The third-order valence-electron chi connectivity index (χ3n) is 2.10. The molecule has 0 saturated carbocycles. The van der Waals surface area contributed by atoms with Crippen molar-refractivity contribution in [3.8, 4) is 0 Å². The van der Waals surface area contributed by atoms with Gasteiger partial charge in [0.1, 0.15) is 5.82 Å². The van der Waals surface area contributed by atoms with Gasteiger partial charge in [-0.3, -0.25) is 4.79 Å². The Hall–Kier alpha value is -0.940. The average molecular weight is 286 g/mol. The molecule has 16 heavy (non-hydrogen) atoms. The maximum atomic E-state index is 11.5. The molecule has 4 nitrogen and oxygen atoms in total. The van der Waals surface area contributed by atoms with E-state index in [2.05, 4.69) is 26.2 Å². The van der Waals surface area contributed by atoms with Crippen molar-refractivity contribution in [2.24, 2.45) is 5.73 Å². The fourth-order valence-electron chi connectivity index (χ4n) is 1.35. The summed E-state index contributed by atoms with van der Waals surface area (Å²) < 4.78 is 0.883. The summed E-state index contributed by atoms with van der Waals surface area (Å²) in [6.45, 7) is 2.05. The van der Waals surface area contributed by atoms with E-state index in [-0.39, 0.29) is 11.9 Å². The Morgan fingerprint density at radius 1 is 1.62 bits per heavy atom. The van der Waals surface area contributed by atoms with Crippen molar-refractivity contribution < 1.29 is 4.79 Å². The maximum absolute atomic E-state index is 11.5. The van der Waals surface area contributed by atoms with Gasteiger partial charge in [0.25, 0.3) is 0 Å². The Morgan fingerprint density at radius 3 is 2.94 bits per heavy atom. The minimum Gasteiger partial charge on any atom is -0.327 e. The predicted octanol–water partition coefficient (Wildman–Crippen LogP) is 2.30. The van der Waals surface area contributed by atoms with Gasteiger partial charge in [0.15, 0.2) is 0 Å². The summed E-state index contributed by atoms with van der Waals surface area (Å²) in [6, 6.07) is 3.50. The molecular formula is C11H16BrN3O. The topological polar surface area (TPSA) is 68.0 Å². The average Bonchev–Trinajstić information content (AvgIpc) is 2.21. The zero-order chi connectivity index (χ0) is 12.0. The molecule has 0 radical (unpaired) electrons. The van der Waals surface area contributed by atoms with Crippen LogP contribution in [0.2, 0.25) is 0 Å². The SMILES string of the molecule is CCCC(N)CC(=O)Nc1ccc(Br)cn1. The molecule has 0 aliphatic heterocycles. The molecule has 1 amide bonds. The highest BCUT2D eigenvalue weighted by molar-refractivity contribution is 9.10. The van der Waals surface area contributed by atoms with E-state index >= 15 is 0 Å². The van der Waals surface area contributed by atoms with Gasteiger partial charge in [-0.15, -0.1) is 0 Å². The monoisotopic (exact) mass is 285 g/mol. The summed E-state index contributed by atoms with van der Waals surface area (Å²) in [7, 11) is 0. The third kappa shape index (κ3) is 4.72. The van der Waals surface area contributed by atoms with Crippen molar-refractivity contribution in [1.82, 2.24) is 4.98 Å². The van der Waals surface area contributed by atoms with Crippen molar-refractivity contribution in [1.29, 1.82) is 0 Å². The van der Waals surface area contributed by atoms with E-state index in [1.165, 1.54) is 0 Å². The van der Waals surface area contributed by atoms with Gasteiger partial charge in [0.05, 0.1) is 0 Å². The lowest BCUT2D eigenvalue weighted by molar-refractivity contribution is -0.116. The van der Waals surface area contributed by atoms with E-state index in [4.69, 9.17) is 5.73 Å². The minimum atomic E-state index is -0.0872. The van der Waals surface area contributed by atoms with Gasteiger partial charge in [0.2, 0.25) is 5.91 Å². The number of aromatic nitrogens is 1. The lowest BCUT2D eigenvalue weighted by Gasteiger charge is -2.09. The second-order valence-corrected chi connectivity index (χ2v) is 4.58. The van der Waals surface area contributed by atoms with Crippen LogP contribution in [0.4, 0.5) is 5.82 Å². The van der Waals surface area contributed by atoms with Gasteiger partial charge in [-0.1, -0.05) is 13.3 Å². The molecule has 0 aliphatic carbocycles. The van der Waals surface area contributed by atoms with Gasteiger partial charge in [0, 0.05) is 23.1 Å². The van der Waals surface area contributed by atoms with Crippen LogP contribution in [-0.4, -0.2) is 16.9 Å². The summed E-state index contributed by atoms with van der Waals surface area (Å²) >= 11 is 3.28. The van der Waals surface area contributed by atoms with E-state index in [1.807, 2.05) is 13.0 Å². The van der Waals surface area contributed by atoms with Crippen molar-refractivity contribution >= 4 is 27.7 Å². The second kappa shape index (κ2) is 6.60. The quantitative estimate of drug-likeness (QED) is 0.872. The first kappa shape index (κ1) is 13.1. The lowest BCUT2D eigenvalue weighted by atomic mass is 10.1. The number of carbonyl (C=O) groups excluding carboxylic acids is 1. The summed E-state index contributed by atoms with van der Waals surface area (Å²) in [6.07, 6.45) is 3.83. The van der Waals surface area contributed by atoms with Crippen molar-refractivity contribution in [3.05, 3.63) is 22.8 Å². The first-order valence-corrected chi connectivity index (χ1v) is 6.08. The normalized spacial score (nSPS) is 12.2. The van der Waals surface area contributed by atoms with Crippen LogP contribution >= 0.6 is 15.9 Å². The summed E-state index contributed by atoms with van der Waals surface area (Å²) in [5.41, 5.74) is 5.77. The molecule has 5 heteroatoms. The van der Waals surface area contributed by atoms with Gasteiger partial charge in [-0.25, -0.2) is 4.98 Å². The Bertz CT molecular complexity index is 340. The van der Waals surface area contributed by atoms with Crippen molar-refractivity contribution in [2.75, 3.05) is 5.32 Å². The highest BCUT2D eigenvalue weighted by Gasteiger charge is 2.09. The van der Waals surface area contributed by atoms with Crippen LogP contribution < -0.4 is 11.1 Å². The zero-order valence-corrected chi connectivity index (χ0v) is 10.8. The minimum absolute atomic E-state index is 0.0690. The number of nitrogens with zero attached hydrogens (tertiary/aromatic N) is 1. The number of halogens is 1. The predicted molar refractivity (Wildman–Crippen MR) is 68.1 cm³/mol. The third-order valence-corrected chi connectivity index (χ3v) is 2.57. The molecule has 1 aromatic rings. The standard InChI is InChI=1S/C11H16BrN3O/c1-2-3-9(13)6-11(16)15-10-5-4-8(12)7-14-10/h4-5,7,9H,2-3,6,13H2,1H3,(H,14,15,16). The lowest BCUT2D eigenvalue weighted by Crippen LogP contribution is -2.27. The number of amides is 1. The van der Waals surface area contributed by atoms with Crippen LogP contribution in [0.3, 0.4) is 0 Å². The number of anilines is 1. The molecule has 1 unspecified atom stereocenters. The first-order chi connectivity index (χ1) is 7.61. The van der Waals surface area contributed by atoms with E-state index in [0.29, 0.717) is 12.2 Å². The Morgan fingerprint density at radius 2 is 2.38 bits per heavy atom. The molecule has 3 N–H and O–H groups in total. The van der Waals surface area contributed by atoms with Crippen LogP contribution in [0.1, 0.15) is 26.2 Å². The van der Waals surface area contributed by atoms with Crippen LogP contribution in [0.25, 0.3) is 0 Å². The highest BCUT2D eigenvalue weighted by atomic mass is 79.9. The van der Waals surface area contributed by atoms with E-state index < -0.39 is 0 Å². The van der Waals surface area contributed by atoms with Crippen molar-refractivity contribution in [3.63, 3.8) is 0 Å². The molecule has 1 heterocycles. The number of nitrogens with one attached hydrogen (secondary N) is 1. The van der Waals surface area contributed by atoms with Gasteiger partial charge in [-0.05, 0) is 34.5 Å². The Balaban J connectivity index is 2.42. The summed E-state index contributed by atoms with van der Waals surface area (Å²) in [5.74, 6) is 0.465. The first-order valence-electron chi connectivity index (χ1n) is 5.28. The van der Waals surface area contributed by atoms with Gasteiger partial charge >= 0.3 is 0 Å². The van der Waals surface area contributed by atoms with E-state index in [1.54, 1.807) is 12.3 Å². The van der Waals surface area contributed by atoms with Gasteiger partial charge in [-0.2, -0.15) is 0 Å². The fraction of sp³-hybridized carbons (Fsp3) is 0.455. The molecule has 0 saturated heterocycles. The molecule has 0 aliphatic rings. The Kier molecular flexibility index (Phi) is 5.42. The molecule has 0 spiro atoms. The largest absolute Gasteiger partial charge is 0.327 e. The molecule has 1 aromatic heterocycles. The van der Waals surface area contributed by atoms with Crippen LogP contribution in [0.15, 0.2) is 22.8 Å². The maximum Gasteiger partial charge on any atom is 0.227 e. The van der Waals surface area contributed by atoms with Crippen LogP contribution in [0.5, 0.6) is 0 Å².